The molecule has 0 saturated carbocycles. The van der Waals surface area contributed by atoms with Crippen LogP contribution in [-0.4, -0.2) is 50.8 Å². The molecule has 1 saturated heterocycles. The number of amides is 1. The summed E-state index contributed by atoms with van der Waals surface area (Å²) >= 11 is 6.22. The molecule has 2 aliphatic rings. The molecule has 0 aromatic rings. The molecule has 0 unspecified atom stereocenters. The van der Waals surface area contributed by atoms with E-state index in [0.717, 1.165) is 19.3 Å². The summed E-state index contributed by atoms with van der Waals surface area (Å²) in [4.78, 5) is 24.5. The van der Waals surface area contributed by atoms with Gasteiger partial charge in [-0.05, 0) is 31.9 Å². The average molecular weight is 428 g/mol. The van der Waals surface area contributed by atoms with Crippen molar-refractivity contribution in [1.82, 2.24) is 5.32 Å². The van der Waals surface area contributed by atoms with Crippen molar-refractivity contribution in [3.05, 3.63) is 24.3 Å². The Morgan fingerprint density at radius 3 is 2.66 bits per heavy atom. The molecule has 3 N–H and O–H groups in total. The van der Waals surface area contributed by atoms with Gasteiger partial charge in [-0.15, -0.1) is 11.6 Å². The predicted octanol–water partition coefficient (Wildman–Crippen LogP) is 3.14. The maximum atomic E-state index is 12.3. The van der Waals surface area contributed by atoms with Crippen LogP contribution in [0.25, 0.3) is 0 Å². The van der Waals surface area contributed by atoms with Crippen LogP contribution >= 0.6 is 11.6 Å². The Morgan fingerprint density at radius 2 is 1.97 bits per heavy atom. The lowest BCUT2D eigenvalue weighted by molar-refractivity contribution is -0.281. The van der Waals surface area contributed by atoms with Gasteiger partial charge < -0.3 is 20.3 Å². The first-order valence-corrected chi connectivity index (χ1v) is 11.1. The molecule has 0 aromatic heterocycles. The third-order valence-electron chi connectivity index (χ3n) is 5.97. The predicted molar refractivity (Wildman–Crippen MR) is 113 cm³/mol. The summed E-state index contributed by atoms with van der Waals surface area (Å²) in [7, 11) is 0. The molecule has 2 rings (SSSR count). The van der Waals surface area contributed by atoms with Crippen molar-refractivity contribution in [2.24, 2.45) is 0 Å². The fourth-order valence-electron chi connectivity index (χ4n) is 3.95. The van der Waals surface area contributed by atoms with Gasteiger partial charge in [0.2, 0.25) is 5.91 Å². The number of nitrogens with one attached hydrogen (secondary N) is 1. The van der Waals surface area contributed by atoms with Gasteiger partial charge >= 0.3 is 0 Å². The lowest BCUT2D eigenvalue weighted by Gasteiger charge is -2.53. The number of ether oxygens (including phenoxy) is 1. The highest BCUT2D eigenvalue weighted by molar-refractivity contribution is 6.24. The average Bonchev–Trinajstić information content (AvgIpc) is 2.67. The maximum absolute atomic E-state index is 12.3. The van der Waals surface area contributed by atoms with Gasteiger partial charge in [0, 0.05) is 6.42 Å². The second kappa shape index (κ2) is 10.7. The minimum atomic E-state index is -1.91. The van der Waals surface area contributed by atoms with Crippen LogP contribution in [0.15, 0.2) is 24.3 Å². The number of hydrogen-bond acceptors (Lipinski definition) is 5. The molecule has 6 nitrogen and oxygen atoms in total. The molecule has 0 spiro atoms. The first-order valence-electron chi connectivity index (χ1n) is 10.7. The van der Waals surface area contributed by atoms with E-state index in [-0.39, 0.29) is 6.42 Å². The molecule has 1 aliphatic carbocycles. The first kappa shape index (κ1) is 24.1. The number of rotatable bonds is 10. The number of aliphatic hydroxyl groups is 2. The molecule has 1 aliphatic heterocycles. The Morgan fingerprint density at radius 1 is 1.31 bits per heavy atom. The Hall–Kier alpha value is -1.21. The third-order valence-corrected chi connectivity index (χ3v) is 6.53. The minimum Gasteiger partial charge on any atom is -0.378 e. The third kappa shape index (κ3) is 5.69. The van der Waals surface area contributed by atoms with Crippen molar-refractivity contribution < 1.29 is 24.5 Å². The maximum Gasteiger partial charge on any atom is 0.244 e. The zero-order valence-electron chi connectivity index (χ0n) is 17.4. The van der Waals surface area contributed by atoms with Crippen molar-refractivity contribution >= 4 is 23.3 Å². The van der Waals surface area contributed by atoms with Crippen LogP contribution in [0.3, 0.4) is 0 Å². The summed E-state index contributed by atoms with van der Waals surface area (Å²) in [5, 5.41) is 23.1. The number of ketones is 1. The van der Waals surface area contributed by atoms with Gasteiger partial charge in [-0.1, -0.05) is 57.6 Å². The Bertz CT molecular complexity index is 637. The number of allylic oxidation sites excluding steroid dienone is 1. The molecule has 1 amide bonds. The number of aliphatic hydroxyl groups excluding tert-OH is 1. The smallest absolute Gasteiger partial charge is 0.244 e. The van der Waals surface area contributed by atoms with Gasteiger partial charge in [0.25, 0.3) is 0 Å². The summed E-state index contributed by atoms with van der Waals surface area (Å²) in [6, 6.07) is -0.914. The summed E-state index contributed by atoms with van der Waals surface area (Å²) in [6.45, 7) is 3.70. The number of halogens is 1. The van der Waals surface area contributed by atoms with E-state index in [1.54, 1.807) is 6.08 Å². The van der Waals surface area contributed by atoms with Crippen LogP contribution in [0.2, 0.25) is 0 Å². The summed E-state index contributed by atoms with van der Waals surface area (Å²) in [5.74, 6) is -0.938. The van der Waals surface area contributed by atoms with Gasteiger partial charge in [-0.3, -0.25) is 9.59 Å². The fraction of sp³-hybridized carbons (Fsp3) is 0.727. The summed E-state index contributed by atoms with van der Waals surface area (Å²) < 4.78 is 5.54. The molecule has 0 bridgehead atoms. The monoisotopic (exact) mass is 427 g/mol. The SMILES string of the molecule is CCCCCCCCC/C=C/C(=O)N[C@H]1C[C@@]2(O)C(=O)C=C[C@@H](Cl)[C@]2(C)O[C@H]1O. The van der Waals surface area contributed by atoms with E-state index in [9.17, 15) is 19.8 Å². The van der Waals surface area contributed by atoms with Gasteiger partial charge in [0.05, 0.1) is 11.4 Å². The van der Waals surface area contributed by atoms with Crippen LogP contribution in [0, 0.1) is 0 Å². The molecular formula is C22H34ClNO5. The molecule has 7 heteroatoms. The molecule has 0 aromatic carbocycles. The molecule has 164 valence electrons. The lowest BCUT2D eigenvalue weighted by atomic mass is 9.69. The molecule has 1 heterocycles. The number of fused-ring (bicyclic) bond motifs is 1. The van der Waals surface area contributed by atoms with Crippen LogP contribution in [-0.2, 0) is 14.3 Å². The molecular weight excluding hydrogens is 394 g/mol. The van der Waals surface area contributed by atoms with Crippen LogP contribution in [0.5, 0.6) is 0 Å². The zero-order valence-corrected chi connectivity index (χ0v) is 18.2. The standard InChI is InChI=1S/C22H34ClNO5/c1-3-4-5-6-7-8-9-10-11-12-19(26)24-16-15-22(28)18(25)14-13-17(23)21(22,2)29-20(16)27/h11-14,16-17,20,27-28H,3-10,15H2,1-2H3,(H,24,26)/b12-11+/t16-,17+,20+,21-,22+/m0/s1. The van der Waals surface area contributed by atoms with Gasteiger partial charge in [0.1, 0.15) is 5.60 Å². The van der Waals surface area contributed by atoms with E-state index >= 15 is 0 Å². The van der Waals surface area contributed by atoms with Crippen LogP contribution in [0.1, 0.15) is 71.6 Å². The van der Waals surface area contributed by atoms with Crippen molar-refractivity contribution in [2.45, 2.75) is 101 Å². The highest BCUT2D eigenvalue weighted by atomic mass is 35.5. The van der Waals surface area contributed by atoms with Gasteiger partial charge in [0.15, 0.2) is 17.7 Å². The summed E-state index contributed by atoms with van der Waals surface area (Å²) in [5.41, 5.74) is -3.37. The van der Waals surface area contributed by atoms with Crippen LogP contribution < -0.4 is 5.32 Å². The van der Waals surface area contributed by atoms with Gasteiger partial charge in [-0.25, -0.2) is 0 Å². The quantitative estimate of drug-likeness (QED) is 0.283. The fourth-order valence-corrected chi connectivity index (χ4v) is 4.25. The Balaban J connectivity index is 1.80. The topological polar surface area (TPSA) is 95.9 Å². The van der Waals surface area contributed by atoms with Crippen LogP contribution in [0.4, 0.5) is 0 Å². The van der Waals surface area contributed by atoms with Crippen molar-refractivity contribution in [3.8, 4) is 0 Å². The number of carbonyl (C=O) groups is 2. The largest absolute Gasteiger partial charge is 0.378 e. The number of alkyl halides is 1. The summed E-state index contributed by atoms with van der Waals surface area (Å²) in [6.07, 6.45) is 13.6. The Kier molecular flexibility index (Phi) is 8.89. The zero-order chi connectivity index (χ0) is 21.5. The van der Waals surface area contributed by atoms with E-state index in [2.05, 4.69) is 12.2 Å². The molecule has 5 atom stereocenters. The van der Waals surface area contributed by atoms with Crippen molar-refractivity contribution in [1.29, 1.82) is 0 Å². The van der Waals surface area contributed by atoms with E-state index < -0.39 is 40.6 Å². The van der Waals surface area contributed by atoms with E-state index in [1.165, 1.54) is 57.3 Å². The lowest BCUT2D eigenvalue weighted by Crippen LogP contribution is -2.72. The van der Waals surface area contributed by atoms with E-state index in [0.29, 0.717) is 0 Å². The molecule has 1 fully saturated rings. The van der Waals surface area contributed by atoms with Crippen molar-refractivity contribution in [3.63, 3.8) is 0 Å². The molecule has 0 radical (unpaired) electrons. The molecule has 29 heavy (non-hydrogen) atoms. The van der Waals surface area contributed by atoms with Gasteiger partial charge in [-0.2, -0.15) is 0 Å². The van der Waals surface area contributed by atoms with E-state index in [4.69, 9.17) is 16.3 Å². The Labute approximate surface area is 178 Å². The number of unbranched alkanes of at least 4 members (excludes halogenated alkanes) is 7. The van der Waals surface area contributed by atoms with E-state index in [1.807, 2.05) is 0 Å². The minimum absolute atomic E-state index is 0.172. The second-order valence-corrected chi connectivity index (χ2v) is 8.70. The second-order valence-electron chi connectivity index (χ2n) is 8.23. The number of carbonyl (C=O) groups excluding carboxylic acids is 2. The first-order chi connectivity index (χ1) is 13.7. The van der Waals surface area contributed by atoms with Crippen molar-refractivity contribution in [2.75, 3.05) is 0 Å². The normalized spacial score (nSPS) is 34.4. The highest BCUT2D eigenvalue weighted by Gasteiger charge is 2.63. The number of hydrogen-bond donors (Lipinski definition) is 3. The highest BCUT2D eigenvalue weighted by Crippen LogP contribution is 2.45.